The van der Waals surface area contributed by atoms with Crippen LogP contribution in [0.4, 0.5) is 0 Å². The molecule has 0 saturated carbocycles. The van der Waals surface area contributed by atoms with E-state index in [0.29, 0.717) is 12.6 Å². The van der Waals surface area contributed by atoms with Gasteiger partial charge in [0.1, 0.15) is 0 Å². The van der Waals surface area contributed by atoms with E-state index in [9.17, 15) is 0 Å². The number of aryl methyl sites for hydroxylation is 1. The molecular weight excluding hydrogens is 328 g/mol. The van der Waals surface area contributed by atoms with E-state index in [2.05, 4.69) is 52.5 Å². The fraction of sp³-hybridized carbons (Fsp3) is 0.692. The van der Waals surface area contributed by atoms with Crippen LogP contribution in [0.3, 0.4) is 0 Å². The van der Waals surface area contributed by atoms with E-state index in [1.165, 1.54) is 32.9 Å². The Morgan fingerprint density at radius 1 is 1.61 bits per heavy atom. The van der Waals surface area contributed by atoms with Crippen molar-refractivity contribution in [2.75, 3.05) is 25.4 Å². The third kappa shape index (κ3) is 3.31. The van der Waals surface area contributed by atoms with Gasteiger partial charge in [-0.3, -0.25) is 4.90 Å². The smallest absolute Gasteiger partial charge is 0.0565 e. The van der Waals surface area contributed by atoms with Crippen LogP contribution >= 0.6 is 39.0 Å². The minimum atomic E-state index is 0.398. The van der Waals surface area contributed by atoms with Crippen molar-refractivity contribution in [1.82, 2.24) is 4.90 Å². The van der Waals surface area contributed by atoms with Crippen molar-refractivity contribution in [2.24, 2.45) is 5.73 Å². The van der Waals surface area contributed by atoms with Crippen molar-refractivity contribution in [3.63, 3.8) is 0 Å². The monoisotopic (exact) mass is 348 g/mol. The number of hydrogen-bond acceptors (Lipinski definition) is 4. The van der Waals surface area contributed by atoms with E-state index in [1.807, 2.05) is 11.3 Å². The summed E-state index contributed by atoms with van der Waals surface area (Å²) in [7, 11) is 0. The molecule has 0 spiro atoms. The zero-order chi connectivity index (χ0) is 13.1. The van der Waals surface area contributed by atoms with Gasteiger partial charge in [-0.05, 0) is 35.3 Å². The lowest BCUT2D eigenvalue weighted by Crippen LogP contribution is -2.42. The van der Waals surface area contributed by atoms with Gasteiger partial charge in [0.05, 0.1) is 6.04 Å². The lowest BCUT2D eigenvalue weighted by molar-refractivity contribution is 0.210. The highest BCUT2D eigenvalue weighted by Crippen LogP contribution is 2.35. The summed E-state index contributed by atoms with van der Waals surface area (Å²) in [5.41, 5.74) is 6.02. The molecule has 102 valence electrons. The first kappa shape index (κ1) is 14.9. The summed E-state index contributed by atoms with van der Waals surface area (Å²) >= 11 is 7.59. The Kier molecular flexibility index (Phi) is 5.57. The van der Waals surface area contributed by atoms with E-state index in [4.69, 9.17) is 5.73 Å². The Hall–Kier alpha value is 0.450. The number of thioether (sulfide) groups is 1. The van der Waals surface area contributed by atoms with Gasteiger partial charge in [-0.25, -0.2) is 0 Å². The van der Waals surface area contributed by atoms with Gasteiger partial charge in [0.15, 0.2) is 0 Å². The maximum absolute atomic E-state index is 6.02. The summed E-state index contributed by atoms with van der Waals surface area (Å²) in [6.07, 6.45) is 1.26. The molecule has 0 aromatic carbocycles. The summed E-state index contributed by atoms with van der Waals surface area (Å²) in [4.78, 5) is 5.33. The first-order valence-electron chi connectivity index (χ1n) is 6.47. The first-order chi connectivity index (χ1) is 8.65. The number of rotatable bonds is 4. The van der Waals surface area contributed by atoms with Crippen LogP contribution in [0.1, 0.15) is 29.1 Å². The molecule has 1 aliphatic rings. The molecular formula is C13H21BrN2S2. The molecule has 2 unspecified atom stereocenters. The average Bonchev–Trinajstić information content (AvgIpc) is 2.70. The van der Waals surface area contributed by atoms with Crippen LogP contribution in [0.25, 0.3) is 0 Å². The molecule has 1 aromatic rings. The van der Waals surface area contributed by atoms with E-state index in [0.717, 1.165) is 11.8 Å². The SMILES string of the molecule is CCC1CN(C(CN)c2cc(Br)c(C)s2)CCS1. The van der Waals surface area contributed by atoms with Crippen molar-refractivity contribution in [3.8, 4) is 0 Å². The van der Waals surface area contributed by atoms with Crippen molar-refractivity contribution >= 4 is 39.0 Å². The van der Waals surface area contributed by atoms with E-state index in [1.54, 1.807) is 0 Å². The lowest BCUT2D eigenvalue weighted by Gasteiger charge is -2.37. The average molecular weight is 349 g/mol. The van der Waals surface area contributed by atoms with Crippen LogP contribution in [-0.2, 0) is 0 Å². The molecule has 1 saturated heterocycles. The molecule has 2 N–H and O–H groups in total. The molecule has 0 aliphatic carbocycles. The van der Waals surface area contributed by atoms with Crippen LogP contribution in [0.2, 0.25) is 0 Å². The van der Waals surface area contributed by atoms with Crippen molar-refractivity contribution in [3.05, 3.63) is 20.3 Å². The molecule has 0 radical (unpaired) electrons. The maximum atomic E-state index is 6.02. The van der Waals surface area contributed by atoms with Crippen molar-refractivity contribution < 1.29 is 0 Å². The van der Waals surface area contributed by atoms with Crippen LogP contribution in [0.15, 0.2) is 10.5 Å². The molecule has 2 rings (SSSR count). The van der Waals surface area contributed by atoms with Gasteiger partial charge >= 0.3 is 0 Å². The molecule has 0 bridgehead atoms. The predicted molar refractivity (Wildman–Crippen MR) is 86.7 cm³/mol. The van der Waals surface area contributed by atoms with E-state index < -0.39 is 0 Å². The van der Waals surface area contributed by atoms with Gasteiger partial charge in [-0.2, -0.15) is 11.8 Å². The Balaban J connectivity index is 2.12. The minimum absolute atomic E-state index is 0.398. The summed E-state index contributed by atoms with van der Waals surface area (Å²) in [6.45, 7) is 7.50. The molecule has 2 nitrogen and oxygen atoms in total. The summed E-state index contributed by atoms with van der Waals surface area (Å²) in [5.74, 6) is 1.24. The first-order valence-corrected chi connectivity index (χ1v) is 9.13. The second kappa shape index (κ2) is 6.75. The third-order valence-electron chi connectivity index (χ3n) is 3.49. The van der Waals surface area contributed by atoms with Gasteiger partial charge in [0.25, 0.3) is 0 Å². The summed E-state index contributed by atoms with van der Waals surface area (Å²) in [5, 5.41) is 0.775. The summed E-state index contributed by atoms with van der Waals surface area (Å²) < 4.78 is 1.22. The molecule has 0 amide bonds. The molecule has 1 fully saturated rings. The van der Waals surface area contributed by atoms with Crippen LogP contribution in [-0.4, -0.2) is 35.5 Å². The highest BCUT2D eigenvalue weighted by molar-refractivity contribution is 9.10. The van der Waals surface area contributed by atoms with Gasteiger partial charge < -0.3 is 5.73 Å². The van der Waals surface area contributed by atoms with Crippen LogP contribution < -0.4 is 5.73 Å². The Labute approximate surface area is 126 Å². The molecule has 2 atom stereocenters. The van der Waals surface area contributed by atoms with Gasteiger partial charge in [-0.15, -0.1) is 11.3 Å². The Morgan fingerprint density at radius 3 is 2.94 bits per heavy atom. The van der Waals surface area contributed by atoms with Crippen LogP contribution in [0.5, 0.6) is 0 Å². The zero-order valence-electron chi connectivity index (χ0n) is 11.0. The quantitative estimate of drug-likeness (QED) is 0.900. The Bertz CT molecular complexity index is 375. The molecule has 2 heterocycles. The fourth-order valence-electron chi connectivity index (χ4n) is 2.36. The number of thiophene rings is 1. The number of nitrogens with two attached hydrogens (primary N) is 1. The predicted octanol–water partition coefficient (Wildman–Crippen LogP) is 3.65. The topological polar surface area (TPSA) is 29.3 Å². The number of halogens is 1. The minimum Gasteiger partial charge on any atom is -0.329 e. The lowest BCUT2D eigenvalue weighted by atomic mass is 10.1. The van der Waals surface area contributed by atoms with Crippen molar-refractivity contribution in [1.29, 1.82) is 0 Å². The maximum Gasteiger partial charge on any atom is 0.0565 e. The van der Waals surface area contributed by atoms with E-state index in [-0.39, 0.29) is 0 Å². The number of nitrogens with zero attached hydrogens (tertiary/aromatic N) is 1. The second-order valence-electron chi connectivity index (χ2n) is 4.70. The summed E-state index contributed by atoms with van der Waals surface area (Å²) in [6, 6.07) is 2.65. The normalized spacial score (nSPS) is 23.2. The fourth-order valence-corrected chi connectivity index (χ4v) is 5.28. The molecule has 5 heteroatoms. The van der Waals surface area contributed by atoms with Gasteiger partial charge in [0.2, 0.25) is 0 Å². The zero-order valence-corrected chi connectivity index (χ0v) is 14.2. The third-order valence-corrected chi connectivity index (χ3v) is 7.10. The largest absolute Gasteiger partial charge is 0.329 e. The molecule has 1 aromatic heterocycles. The Morgan fingerprint density at radius 2 is 2.39 bits per heavy atom. The van der Waals surface area contributed by atoms with Crippen molar-refractivity contribution in [2.45, 2.75) is 31.6 Å². The van der Waals surface area contributed by atoms with E-state index >= 15 is 0 Å². The van der Waals surface area contributed by atoms with Gasteiger partial charge in [-0.1, -0.05) is 6.92 Å². The standard InChI is InChI=1S/C13H21BrN2S2/c1-3-10-8-16(4-5-17-10)12(7-15)13-6-11(14)9(2)18-13/h6,10,12H,3-5,7-8,15H2,1-2H3. The van der Waals surface area contributed by atoms with Crippen LogP contribution in [0, 0.1) is 6.92 Å². The highest BCUT2D eigenvalue weighted by Gasteiger charge is 2.26. The highest BCUT2D eigenvalue weighted by atomic mass is 79.9. The second-order valence-corrected chi connectivity index (χ2v) is 8.25. The number of hydrogen-bond donors (Lipinski definition) is 1. The molecule has 18 heavy (non-hydrogen) atoms. The van der Waals surface area contributed by atoms with Gasteiger partial charge in [0, 0.05) is 44.9 Å². The molecule has 1 aliphatic heterocycles.